The van der Waals surface area contributed by atoms with Gasteiger partial charge in [0.2, 0.25) is 0 Å². The molecule has 0 saturated carbocycles. The van der Waals surface area contributed by atoms with Crippen LogP contribution in [0.5, 0.6) is 0 Å². The second-order valence-corrected chi connectivity index (χ2v) is 4.85. The van der Waals surface area contributed by atoms with Gasteiger partial charge in [0.15, 0.2) is 5.82 Å². The van der Waals surface area contributed by atoms with Gasteiger partial charge in [0.1, 0.15) is 5.69 Å². The lowest BCUT2D eigenvalue weighted by Gasteiger charge is -2.06. The fourth-order valence-corrected chi connectivity index (χ4v) is 2.22. The molecule has 108 valence electrons. The lowest BCUT2D eigenvalue weighted by molar-refractivity contribution is 0.681. The Hall–Kier alpha value is -2.70. The van der Waals surface area contributed by atoms with E-state index in [1.807, 2.05) is 17.8 Å². The normalized spacial score (nSPS) is 11.0. The zero-order valence-corrected chi connectivity index (χ0v) is 11.9. The summed E-state index contributed by atoms with van der Waals surface area (Å²) in [6.45, 7) is 2.92. The molecule has 0 spiro atoms. The van der Waals surface area contributed by atoms with Crippen molar-refractivity contribution in [3.05, 3.63) is 41.3 Å². The van der Waals surface area contributed by atoms with Crippen LogP contribution in [0.25, 0.3) is 22.8 Å². The van der Waals surface area contributed by atoms with Crippen molar-refractivity contribution in [3.63, 3.8) is 0 Å². The number of hydrogen-bond donors (Lipinski definition) is 1. The molecule has 0 bridgehead atoms. The zero-order valence-electron chi connectivity index (χ0n) is 11.9. The number of aromatic nitrogens is 6. The van der Waals surface area contributed by atoms with Gasteiger partial charge in [-0.15, -0.1) is 0 Å². The Morgan fingerprint density at radius 2 is 2.19 bits per heavy atom. The number of hydrogen-bond acceptors (Lipinski definition) is 4. The molecular formula is C14H16N6O. The van der Waals surface area contributed by atoms with E-state index in [1.165, 1.54) is 6.07 Å². The summed E-state index contributed by atoms with van der Waals surface area (Å²) in [6.07, 6.45) is 7.95. The van der Waals surface area contributed by atoms with Crippen molar-refractivity contribution in [1.82, 2.24) is 29.3 Å². The van der Waals surface area contributed by atoms with E-state index in [-0.39, 0.29) is 5.56 Å². The Labute approximate surface area is 121 Å². The Morgan fingerprint density at radius 1 is 1.33 bits per heavy atom. The monoisotopic (exact) mass is 284 g/mol. The molecule has 1 N–H and O–H groups in total. The highest BCUT2D eigenvalue weighted by atomic mass is 16.1. The Kier molecular flexibility index (Phi) is 3.39. The van der Waals surface area contributed by atoms with Gasteiger partial charge < -0.3 is 9.55 Å². The van der Waals surface area contributed by atoms with Crippen LogP contribution < -0.4 is 5.56 Å². The minimum absolute atomic E-state index is 0.192. The van der Waals surface area contributed by atoms with E-state index in [2.05, 4.69) is 27.0 Å². The number of nitrogens with one attached hydrogen (secondary N) is 1. The highest BCUT2D eigenvalue weighted by Gasteiger charge is 2.11. The van der Waals surface area contributed by atoms with Crippen molar-refractivity contribution in [2.75, 3.05) is 0 Å². The molecule has 0 unspecified atom stereocenters. The largest absolute Gasteiger partial charge is 0.328 e. The molecule has 3 aromatic heterocycles. The van der Waals surface area contributed by atoms with Gasteiger partial charge in [0, 0.05) is 31.4 Å². The Morgan fingerprint density at radius 3 is 2.90 bits per heavy atom. The number of aromatic amines is 1. The highest BCUT2D eigenvalue weighted by Crippen LogP contribution is 2.19. The van der Waals surface area contributed by atoms with Gasteiger partial charge in [-0.25, -0.2) is 9.97 Å². The number of imidazole rings is 1. The third kappa shape index (κ3) is 2.62. The van der Waals surface area contributed by atoms with Gasteiger partial charge in [-0.3, -0.25) is 9.48 Å². The van der Waals surface area contributed by atoms with Crippen LogP contribution in [-0.2, 0) is 13.6 Å². The van der Waals surface area contributed by atoms with Crippen molar-refractivity contribution in [3.8, 4) is 22.8 Å². The Balaban J connectivity index is 2.09. The van der Waals surface area contributed by atoms with Gasteiger partial charge in [-0.2, -0.15) is 5.10 Å². The summed E-state index contributed by atoms with van der Waals surface area (Å²) in [6, 6.07) is 1.47. The summed E-state index contributed by atoms with van der Waals surface area (Å²) in [5, 5.41) is 4.11. The van der Waals surface area contributed by atoms with Gasteiger partial charge >= 0.3 is 0 Å². The molecule has 0 amide bonds. The first-order valence-electron chi connectivity index (χ1n) is 6.78. The van der Waals surface area contributed by atoms with E-state index in [1.54, 1.807) is 23.4 Å². The molecule has 0 saturated heterocycles. The predicted octanol–water partition coefficient (Wildman–Crippen LogP) is 1.44. The SMILES string of the molecule is CCCn1cncc1-c1nc(-c2cnn(C)c2)cc(=O)[nH]1. The van der Waals surface area contributed by atoms with Gasteiger partial charge in [0.05, 0.1) is 24.4 Å². The van der Waals surface area contributed by atoms with Crippen molar-refractivity contribution >= 4 is 0 Å². The minimum atomic E-state index is -0.192. The molecular weight excluding hydrogens is 268 g/mol. The van der Waals surface area contributed by atoms with Crippen molar-refractivity contribution < 1.29 is 0 Å². The summed E-state index contributed by atoms with van der Waals surface area (Å²) < 4.78 is 3.66. The van der Waals surface area contributed by atoms with Crippen molar-refractivity contribution in [2.45, 2.75) is 19.9 Å². The van der Waals surface area contributed by atoms with Crippen molar-refractivity contribution in [1.29, 1.82) is 0 Å². The molecule has 3 aromatic rings. The van der Waals surface area contributed by atoms with Crippen LogP contribution in [0.15, 0.2) is 35.8 Å². The first kappa shape index (κ1) is 13.3. The van der Waals surface area contributed by atoms with Crippen LogP contribution in [0.1, 0.15) is 13.3 Å². The topological polar surface area (TPSA) is 81.4 Å². The summed E-state index contributed by atoms with van der Waals surface area (Å²) in [5.41, 5.74) is 2.03. The molecule has 0 fully saturated rings. The standard InChI is InChI=1S/C14H16N6O/c1-3-4-20-9-15-7-12(20)14-17-11(5-13(21)18-14)10-6-16-19(2)8-10/h5-9H,3-4H2,1-2H3,(H,17,18,21). The lowest BCUT2D eigenvalue weighted by Crippen LogP contribution is -2.10. The third-order valence-corrected chi connectivity index (χ3v) is 3.16. The number of H-pyrrole nitrogens is 1. The van der Waals surface area contributed by atoms with E-state index in [0.717, 1.165) is 24.2 Å². The summed E-state index contributed by atoms with van der Waals surface area (Å²) in [4.78, 5) is 23.3. The highest BCUT2D eigenvalue weighted by molar-refractivity contribution is 5.60. The van der Waals surface area contributed by atoms with Crippen LogP contribution in [-0.4, -0.2) is 29.3 Å². The van der Waals surface area contributed by atoms with Gasteiger partial charge in [-0.1, -0.05) is 6.92 Å². The van der Waals surface area contributed by atoms with Gasteiger partial charge in [0.25, 0.3) is 5.56 Å². The zero-order chi connectivity index (χ0) is 14.8. The first-order chi connectivity index (χ1) is 10.2. The fourth-order valence-electron chi connectivity index (χ4n) is 2.22. The quantitative estimate of drug-likeness (QED) is 0.786. The lowest BCUT2D eigenvalue weighted by atomic mass is 10.2. The maximum atomic E-state index is 11.9. The van der Waals surface area contributed by atoms with Crippen LogP contribution >= 0.6 is 0 Å². The van der Waals surface area contributed by atoms with E-state index in [0.29, 0.717) is 11.5 Å². The summed E-state index contributed by atoms with van der Waals surface area (Å²) in [5.74, 6) is 0.521. The van der Waals surface area contributed by atoms with E-state index in [9.17, 15) is 4.79 Å². The molecule has 0 atom stereocenters. The molecule has 3 rings (SSSR count). The molecule has 0 aromatic carbocycles. The summed E-state index contributed by atoms with van der Waals surface area (Å²) in [7, 11) is 1.83. The second kappa shape index (κ2) is 5.35. The minimum Gasteiger partial charge on any atom is -0.328 e. The van der Waals surface area contributed by atoms with Gasteiger partial charge in [-0.05, 0) is 6.42 Å². The number of rotatable bonds is 4. The second-order valence-electron chi connectivity index (χ2n) is 4.85. The smallest absolute Gasteiger partial charge is 0.251 e. The fraction of sp³-hybridized carbons (Fsp3) is 0.286. The van der Waals surface area contributed by atoms with E-state index >= 15 is 0 Å². The first-order valence-corrected chi connectivity index (χ1v) is 6.78. The van der Waals surface area contributed by atoms with Crippen LogP contribution in [0.2, 0.25) is 0 Å². The van der Waals surface area contributed by atoms with E-state index < -0.39 is 0 Å². The molecule has 21 heavy (non-hydrogen) atoms. The Bertz CT molecular complexity index is 813. The number of nitrogens with zero attached hydrogens (tertiary/aromatic N) is 5. The van der Waals surface area contributed by atoms with Crippen LogP contribution in [0, 0.1) is 0 Å². The predicted molar refractivity (Wildman–Crippen MR) is 78.6 cm³/mol. The average molecular weight is 284 g/mol. The van der Waals surface area contributed by atoms with Crippen LogP contribution in [0.4, 0.5) is 0 Å². The van der Waals surface area contributed by atoms with Crippen molar-refractivity contribution in [2.24, 2.45) is 7.05 Å². The maximum absolute atomic E-state index is 11.9. The average Bonchev–Trinajstić information content (AvgIpc) is 3.07. The molecule has 0 aliphatic rings. The maximum Gasteiger partial charge on any atom is 0.251 e. The number of aryl methyl sites for hydroxylation is 2. The molecule has 0 aliphatic carbocycles. The van der Waals surface area contributed by atoms with Crippen LogP contribution in [0.3, 0.4) is 0 Å². The van der Waals surface area contributed by atoms with E-state index in [4.69, 9.17) is 0 Å². The summed E-state index contributed by atoms with van der Waals surface area (Å²) >= 11 is 0. The molecule has 0 radical (unpaired) electrons. The molecule has 0 aliphatic heterocycles. The molecule has 3 heterocycles. The molecule has 7 heteroatoms. The third-order valence-electron chi connectivity index (χ3n) is 3.16. The molecule has 7 nitrogen and oxygen atoms in total.